The Bertz CT molecular complexity index is 1180. The lowest BCUT2D eigenvalue weighted by Gasteiger charge is -2.07. The molecule has 0 unspecified atom stereocenters. The summed E-state index contributed by atoms with van der Waals surface area (Å²) in [6.45, 7) is 2.29. The van der Waals surface area contributed by atoms with Gasteiger partial charge in [-0.2, -0.15) is 9.78 Å². The number of rotatable bonds is 5. The van der Waals surface area contributed by atoms with Gasteiger partial charge in [-0.15, -0.1) is 0 Å². The highest BCUT2D eigenvalue weighted by Gasteiger charge is 2.06. The number of benzene rings is 3. The third kappa shape index (κ3) is 3.83. The second-order valence-electron chi connectivity index (χ2n) is 6.38. The first kappa shape index (κ1) is 17.7. The van der Waals surface area contributed by atoms with Gasteiger partial charge in [0.25, 0.3) is 5.56 Å². The molecule has 0 aliphatic carbocycles. The first-order chi connectivity index (χ1) is 13.7. The van der Waals surface area contributed by atoms with E-state index in [0.29, 0.717) is 23.3 Å². The van der Waals surface area contributed by atoms with Gasteiger partial charge in [-0.3, -0.25) is 4.79 Å². The summed E-state index contributed by atoms with van der Waals surface area (Å²) in [4.78, 5) is 17.1. The third-order valence-corrected chi connectivity index (χ3v) is 4.37. The fourth-order valence-electron chi connectivity index (χ4n) is 2.89. The van der Waals surface area contributed by atoms with E-state index in [1.807, 2.05) is 72.8 Å². The van der Waals surface area contributed by atoms with Gasteiger partial charge >= 0.3 is 0 Å². The Hall–Kier alpha value is -3.73. The number of para-hydroxylation sites is 1. The van der Waals surface area contributed by atoms with Gasteiger partial charge in [0.2, 0.25) is 0 Å². The SMILES string of the molecule is Cc1nc2ccccc2c(=O)n1N=Cc1ccc(OCc2ccccc2)cc1. The fraction of sp³-hybridized carbons (Fsp3) is 0.0870. The van der Waals surface area contributed by atoms with Gasteiger partial charge in [-0.05, 0) is 54.4 Å². The lowest BCUT2D eigenvalue weighted by atomic mass is 10.2. The van der Waals surface area contributed by atoms with Crippen LogP contribution in [0.5, 0.6) is 5.75 Å². The van der Waals surface area contributed by atoms with Gasteiger partial charge in [-0.1, -0.05) is 42.5 Å². The number of aryl methyl sites for hydroxylation is 1. The van der Waals surface area contributed by atoms with E-state index in [1.165, 1.54) is 4.68 Å². The highest BCUT2D eigenvalue weighted by molar-refractivity contribution is 5.80. The summed E-state index contributed by atoms with van der Waals surface area (Å²) in [5.74, 6) is 1.32. The number of fused-ring (bicyclic) bond motifs is 1. The predicted octanol–water partition coefficient (Wildman–Crippen LogP) is 4.17. The molecule has 0 N–H and O–H groups in total. The van der Waals surface area contributed by atoms with Gasteiger partial charge in [0.1, 0.15) is 18.2 Å². The van der Waals surface area contributed by atoms with Crippen LogP contribution in [0.25, 0.3) is 10.9 Å². The molecule has 0 radical (unpaired) electrons. The zero-order valence-corrected chi connectivity index (χ0v) is 15.4. The largest absolute Gasteiger partial charge is 0.489 e. The maximum atomic E-state index is 12.6. The Labute approximate surface area is 162 Å². The molecule has 0 bridgehead atoms. The van der Waals surface area contributed by atoms with Gasteiger partial charge in [0, 0.05) is 0 Å². The van der Waals surface area contributed by atoms with E-state index in [9.17, 15) is 4.79 Å². The Morgan fingerprint density at radius 1 is 0.964 bits per heavy atom. The number of ether oxygens (including phenoxy) is 1. The average molecular weight is 369 g/mol. The van der Waals surface area contributed by atoms with Crippen LogP contribution >= 0.6 is 0 Å². The first-order valence-corrected chi connectivity index (χ1v) is 9.00. The van der Waals surface area contributed by atoms with Crippen LogP contribution in [-0.4, -0.2) is 15.9 Å². The van der Waals surface area contributed by atoms with E-state index < -0.39 is 0 Å². The van der Waals surface area contributed by atoms with E-state index in [0.717, 1.165) is 16.9 Å². The minimum absolute atomic E-state index is 0.179. The molecule has 0 saturated heterocycles. The Kier molecular flexibility index (Phi) is 4.97. The zero-order chi connectivity index (χ0) is 19.3. The number of nitrogens with zero attached hydrogens (tertiary/aromatic N) is 3. The average Bonchev–Trinajstić information content (AvgIpc) is 2.74. The lowest BCUT2D eigenvalue weighted by Crippen LogP contribution is -2.20. The Morgan fingerprint density at radius 2 is 1.68 bits per heavy atom. The number of hydrogen-bond acceptors (Lipinski definition) is 4. The van der Waals surface area contributed by atoms with Crippen molar-refractivity contribution in [1.82, 2.24) is 9.66 Å². The Balaban J connectivity index is 1.51. The van der Waals surface area contributed by atoms with Crippen LogP contribution in [0.2, 0.25) is 0 Å². The van der Waals surface area contributed by atoms with Crippen molar-refractivity contribution in [3.05, 3.63) is 106 Å². The monoisotopic (exact) mass is 369 g/mol. The van der Waals surface area contributed by atoms with E-state index in [1.54, 1.807) is 19.2 Å². The molecular weight excluding hydrogens is 350 g/mol. The van der Waals surface area contributed by atoms with Gasteiger partial charge < -0.3 is 4.74 Å². The molecule has 4 rings (SSSR count). The van der Waals surface area contributed by atoms with Gasteiger partial charge in [-0.25, -0.2) is 4.98 Å². The van der Waals surface area contributed by atoms with E-state index in [4.69, 9.17) is 4.74 Å². The van der Waals surface area contributed by atoms with E-state index in [-0.39, 0.29) is 5.56 Å². The fourth-order valence-corrected chi connectivity index (χ4v) is 2.89. The molecule has 0 saturated carbocycles. The summed E-state index contributed by atoms with van der Waals surface area (Å²) in [7, 11) is 0. The molecule has 0 aliphatic heterocycles. The number of hydrogen-bond donors (Lipinski definition) is 0. The molecule has 4 aromatic rings. The topological polar surface area (TPSA) is 56.5 Å². The standard InChI is InChI=1S/C23H19N3O2/c1-17-25-22-10-6-5-9-21(22)23(27)26(17)24-15-18-11-13-20(14-12-18)28-16-19-7-3-2-4-8-19/h2-15H,16H2,1H3. The van der Waals surface area contributed by atoms with Crippen molar-refractivity contribution in [2.75, 3.05) is 0 Å². The zero-order valence-electron chi connectivity index (χ0n) is 15.4. The minimum atomic E-state index is -0.179. The van der Waals surface area contributed by atoms with Gasteiger partial charge in [0.05, 0.1) is 17.1 Å². The molecule has 0 fully saturated rings. The molecule has 1 aromatic heterocycles. The maximum Gasteiger partial charge on any atom is 0.282 e. The summed E-state index contributed by atoms with van der Waals surface area (Å²) in [5, 5.41) is 4.88. The van der Waals surface area contributed by atoms with E-state index in [2.05, 4.69) is 10.1 Å². The molecule has 3 aromatic carbocycles. The molecule has 0 spiro atoms. The van der Waals surface area contributed by atoms with Crippen molar-refractivity contribution in [3.8, 4) is 5.75 Å². The molecule has 0 atom stereocenters. The highest BCUT2D eigenvalue weighted by Crippen LogP contribution is 2.14. The Morgan fingerprint density at radius 3 is 2.46 bits per heavy atom. The van der Waals surface area contributed by atoms with Crippen molar-refractivity contribution >= 4 is 17.1 Å². The summed E-state index contributed by atoms with van der Waals surface area (Å²) in [5.41, 5.74) is 2.48. The van der Waals surface area contributed by atoms with Crippen LogP contribution < -0.4 is 10.3 Å². The van der Waals surface area contributed by atoms with Crippen molar-refractivity contribution in [2.45, 2.75) is 13.5 Å². The summed E-state index contributed by atoms with van der Waals surface area (Å²) in [6, 6.07) is 24.9. The van der Waals surface area contributed by atoms with Crippen LogP contribution in [0, 0.1) is 6.92 Å². The second-order valence-corrected chi connectivity index (χ2v) is 6.38. The van der Waals surface area contributed by atoms with Crippen molar-refractivity contribution in [1.29, 1.82) is 0 Å². The maximum absolute atomic E-state index is 12.6. The van der Waals surface area contributed by atoms with Crippen molar-refractivity contribution < 1.29 is 4.74 Å². The third-order valence-electron chi connectivity index (χ3n) is 4.37. The van der Waals surface area contributed by atoms with Crippen LogP contribution in [-0.2, 0) is 6.61 Å². The molecule has 5 nitrogen and oxygen atoms in total. The number of aromatic nitrogens is 2. The second kappa shape index (κ2) is 7.88. The lowest BCUT2D eigenvalue weighted by molar-refractivity contribution is 0.306. The summed E-state index contributed by atoms with van der Waals surface area (Å²) < 4.78 is 7.11. The predicted molar refractivity (Wildman–Crippen MR) is 111 cm³/mol. The summed E-state index contributed by atoms with van der Waals surface area (Å²) >= 11 is 0. The molecule has 1 heterocycles. The molecule has 5 heteroatoms. The molecule has 138 valence electrons. The quantitative estimate of drug-likeness (QED) is 0.496. The minimum Gasteiger partial charge on any atom is -0.489 e. The van der Waals surface area contributed by atoms with Crippen molar-refractivity contribution in [2.24, 2.45) is 5.10 Å². The molecule has 28 heavy (non-hydrogen) atoms. The highest BCUT2D eigenvalue weighted by atomic mass is 16.5. The first-order valence-electron chi connectivity index (χ1n) is 9.00. The van der Waals surface area contributed by atoms with Crippen LogP contribution in [0.15, 0.2) is 88.8 Å². The van der Waals surface area contributed by atoms with Crippen LogP contribution in [0.3, 0.4) is 0 Å². The summed E-state index contributed by atoms with van der Waals surface area (Å²) in [6.07, 6.45) is 1.64. The molecule has 0 amide bonds. The molecular formula is C23H19N3O2. The van der Waals surface area contributed by atoms with Crippen molar-refractivity contribution in [3.63, 3.8) is 0 Å². The van der Waals surface area contributed by atoms with Crippen LogP contribution in [0.1, 0.15) is 17.0 Å². The van der Waals surface area contributed by atoms with Gasteiger partial charge in [0.15, 0.2) is 0 Å². The smallest absolute Gasteiger partial charge is 0.282 e. The normalized spacial score (nSPS) is 11.2. The van der Waals surface area contributed by atoms with Crippen LogP contribution in [0.4, 0.5) is 0 Å². The van der Waals surface area contributed by atoms with E-state index >= 15 is 0 Å². The molecule has 0 aliphatic rings.